The van der Waals surface area contributed by atoms with E-state index in [0.717, 1.165) is 6.42 Å². The lowest BCUT2D eigenvalue weighted by molar-refractivity contribution is -0.185. The lowest BCUT2D eigenvalue weighted by atomic mass is 9.81. The minimum Gasteiger partial charge on any atom is -0.347 e. The highest BCUT2D eigenvalue weighted by molar-refractivity contribution is 5.93. The fraction of sp³-hybridized carbons (Fsp3) is 0.923. The number of fused-ring (bicyclic) bond motifs is 1. The van der Waals surface area contributed by atoms with Gasteiger partial charge in [-0.15, -0.1) is 0 Å². The molecule has 0 aromatic carbocycles. The third-order valence-electron chi connectivity index (χ3n) is 3.82. The predicted molar refractivity (Wildman–Crippen MR) is 61.9 cm³/mol. The molecule has 2 aliphatic heterocycles. The van der Waals surface area contributed by atoms with Gasteiger partial charge in [-0.25, -0.2) is 0 Å². The van der Waals surface area contributed by atoms with Gasteiger partial charge in [0.15, 0.2) is 23.0 Å². The van der Waals surface area contributed by atoms with E-state index in [1.807, 2.05) is 27.7 Å². The highest BCUT2D eigenvalue weighted by Gasteiger charge is 2.60. The Morgan fingerprint density at radius 2 is 1.83 bits per heavy atom. The Bertz CT molecular complexity index is 387. The monoisotopic (exact) mass is 256 g/mol. The molecule has 102 valence electrons. The first-order valence-corrected chi connectivity index (χ1v) is 6.47. The van der Waals surface area contributed by atoms with Gasteiger partial charge >= 0.3 is 0 Å². The number of ether oxygens (including phenoxy) is 4. The van der Waals surface area contributed by atoms with Crippen LogP contribution >= 0.6 is 0 Å². The molecular formula is C13H20O5. The molecule has 2 heterocycles. The molecule has 3 fully saturated rings. The summed E-state index contributed by atoms with van der Waals surface area (Å²) in [5.74, 6) is -1.42. The van der Waals surface area contributed by atoms with Crippen molar-refractivity contribution in [2.45, 2.75) is 69.9 Å². The van der Waals surface area contributed by atoms with Crippen LogP contribution in [0.15, 0.2) is 0 Å². The second-order valence-electron chi connectivity index (χ2n) is 6.28. The summed E-state index contributed by atoms with van der Waals surface area (Å²) in [4.78, 5) is 12.6. The summed E-state index contributed by atoms with van der Waals surface area (Å²) in [7, 11) is 0. The van der Waals surface area contributed by atoms with Gasteiger partial charge in [0.2, 0.25) is 0 Å². The number of carbonyl (C=O) groups excluding carboxylic acids is 1. The topological polar surface area (TPSA) is 54.0 Å². The van der Waals surface area contributed by atoms with Gasteiger partial charge in [0.05, 0.1) is 12.7 Å². The zero-order valence-corrected chi connectivity index (χ0v) is 11.3. The third-order valence-corrected chi connectivity index (χ3v) is 3.82. The molecule has 0 N–H and O–H groups in total. The van der Waals surface area contributed by atoms with Gasteiger partial charge in [0.25, 0.3) is 0 Å². The van der Waals surface area contributed by atoms with E-state index in [-0.39, 0.29) is 11.9 Å². The molecule has 2 saturated heterocycles. The van der Waals surface area contributed by atoms with Crippen LogP contribution in [0.4, 0.5) is 0 Å². The SMILES string of the molecule is CC1(C)O[C@@H]2CCC3(COC(C)(C)O3)C(=O)[C@@H]2O1. The Morgan fingerprint density at radius 3 is 2.44 bits per heavy atom. The molecule has 0 aromatic rings. The van der Waals surface area contributed by atoms with Gasteiger partial charge in [-0.05, 0) is 40.5 Å². The minimum absolute atomic E-state index is 0.0325. The smallest absolute Gasteiger partial charge is 0.198 e. The van der Waals surface area contributed by atoms with E-state index in [1.54, 1.807) is 0 Å². The van der Waals surface area contributed by atoms with Gasteiger partial charge in [-0.3, -0.25) is 4.79 Å². The summed E-state index contributed by atoms with van der Waals surface area (Å²) in [6, 6.07) is 0. The van der Waals surface area contributed by atoms with Crippen molar-refractivity contribution in [3.63, 3.8) is 0 Å². The first kappa shape index (κ1) is 12.5. The number of ketones is 1. The van der Waals surface area contributed by atoms with E-state index in [2.05, 4.69) is 0 Å². The lowest BCUT2D eigenvalue weighted by Crippen LogP contribution is -2.55. The molecule has 3 atom stereocenters. The first-order chi connectivity index (χ1) is 8.23. The molecule has 5 nitrogen and oxygen atoms in total. The highest BCUT2D eigenvalue weighted by atomic mass is 16.8. The van der Waals surface area contributed by atoms with E-state index >= 15 is 0 Å². The fourth-order valence-corrected chi connectivity index (χ4v) is 3.09. The molecule has 0 radical (unpaired) electrons. The van der Waals surface area contributed by atoms with Crippen molar-refractivity contribution in [2.75, 3.05) is 6.61 Å². The molecule has 0 aromatic heterocycles. The Balaban J connectivity index is 1.84. The van der Waals surface area contributed by atoms with Gasteiger partial charge in [-0.1, -0.05) is 0 Å². The Labute approximate surface area is 107 Å². The van der Waals surface area contributed by atoms with E-state index in [0.29, 0.717) is 13.0 Å². The average Bonchev–Trinajstić information content (AvgIpc) is 2.71. The van der Waals surface area contributed by atoms with Crippen molar-refractivity contribution in [1.82, 2.24) is 0 Å². The fourth-order valence-electron chi connectivity index (χ4n) is 3.09. The van der Waals surface area contributed by atoms with Crippen molar-refractivity contribution < 1.29 is 23.7 Å². The van der Waals surface area contributed by atoms with Crippen LogP contribution in [0.3, 0.4) is 0 Å². The summed E-state index contributed by atoms with van der Waals surface area (Å²) in [6.45, 7) is 7.64. The van der Waals surface area contributed by atoms with Crippen LogP contribution in [-0.2, 0) is 23.7 Å². The second-order valence-corrected chi connectivity index (χ2v) is 6.28. The third kappa shape index (κ3) is 1.81. The van der Waals surface area contributed by atoms with Crippen LogP contribution in [0.25, 0.3) is 0 Å². The summed E-state index contributed by atoms with van der Waals surface area (Å²) < 4.78 is 22.9. The van der Waals surface area contributed by atoms with Crippen molar-refractivity contribution >= 4 is 5.78 Å². The van der Waals surface area contributed by atoms with Crippen molar-refractivity contribution in [2.24, 2.45) is 0 Å². The zero-order valence-electron chi connectivity index (χ0n) is 11.3. The standard InChI is InChI=1S/C13H20O5/c1-11(2)15-7-13(18-11)6-5-8-9(10(13)14)17-12(3,4)16-8/h8-9H,5-7H2,1-4H3/t8-,9-,13?/m1/s1. The molecule has 5 heteroatoms. The summed E-state index contributed by atoms with van der Waals surface area (Å²) in [6.07, 6.45) is 0.728. The molecule has 0 amide bonds. The van der Waals surface area contributed by atoms with E-state index in [9.17, 15) is 4.79 Å². The zero-order chi connectivity index (χ0) is 13.2. The van der Waals surface area contributed by atoms with Crippen molar-refractivity contribution in [3.8, 4) is 0 Å². The van der Waals surface area contributed by atoms with Crippen molar-refractivity contribution in [1.29, 1.82) is 0 Å². The largest absolute Gasteiger partial charge is 0.347 e. The Morgan fingerprint density at radius 1 is 1.11 bits per heavy atom. The van der Waals surface area contributed by atoms with E-state index in [1.165, 1.54) is 0 Å². The maximum absolute atomic E-state index is 12.6. The van der Waals surface area contributed by atoms with Crippen LogP contribution < -0.4 is 0 Å². The average molecular weight is 256 g/mol. The predicted octanol–water partition coefficient (Wildman–Crippen LogP) is 1.39. The summed E-state index contributed by atoms with van der Waals surface area (Å²) >= 11 is 0. The van der Waals surface area contributed by atoms with Crippen LogP contribution in [0.5, 0.6) is 0 Å². The van der Waals surface area contributed by atoms with Gasteiger partial charge < -0.3 is 18.9 Å². The molecule has 3 aliphatic rings. The van der Waals surface area contributed by atoms with Crippen LogP contribution in [0.2, 0.25) is 0 Å². The van der Waals surface area contributed by atoms with Crippen molar-refractivity contribution in [3.05, 3.63) is 0 Å². The lowest BCUT2D eigenvalue weighted by Gasteiger charge is -2.35. The quantitative estimate of drug-likeness (QED) is 0.655. The van der Waals surface area contributed by atoms with Crippen LogP contribution in [-0.4, -0.2) is 41.8 Å². The van der Waals surface area contributed by atoms with Crippen LogP contribution in [0.1, 0.15) is 40.5 Å². The number of hydrogen-bond donors (Lipinski definition) is 0. The Kier molecular flexibility index (Phi) is 2.46. The Hall–Kier alpha value is -0.490. The van der Waals surface area contributed by atoms with Crippen LogP contribution in [0, 0.1) is 0 Å². The normalized spacial score (nSPS) is 45.4. The molecule has 18 heavy (non-hydrogen) atoms. The number of Topliss-reactive ketones (excluding diaryl/α,β-unsaturated/α-hetero) is 1. The summed E-state index contributed by atoms with van der Waals surface area (Å²) in [5.41, 5.74) is -0.839. The molecule has 1 unspecified atom stereocenters. The molecule has 1 saturated carbocycles. The maximum atomic E-state index is 12.6. The molecule has 1 aliphatic carbocycles. The molecule has 0 bridgehead atoms. The first-order valence-electron chi connectivity index (χ1n) is 6.47. The van der Waals surface area contributed by atoms with Gasteiger partial charge in [0.1, 0.15) is 6.10 Å². The van der Waals surface area contributed by atoms with Gasteiger partial charge in [-0.2, -0.15) is 0 Å². The highest BCUT2D eigenvalue weighted by Crippen LogP contribution is 2.44. The molecule has 3 rings (SSSR count). The number of rotatable bonds is 0. The van der Waals surface area contributed by atoms with E-state index < -0.39 is 23.3 Å². The summed E-state index contributed by atoms with van der Waals surface area (Å²) in [5, 5.41) is 0. The number of carbonyl (C=O) groups is 1. The second kappa shape index (κ2) is 3.54. The molecule has 1 spiro atoms. The van der Waals surface area contributed by atoms with E-state index in [4.69, 9.17) is 18.9 Å². The minimum atomic E-state index is -0.839. The van der Waals surface area contributed by atoms with Gasteiger partial charge in [0, 0.05) is 0 Å². The number of hydrogen-bond acceptors (Lipinski definition) is 5. The maximum Gasteiger partial charge on any atom is 0.198 e. The molecular weight excluding hydrogens is 236 g/mol.